The van der Waals surface area contributed by atoms with Gasteiger partial charge in [0.2, 0.25) is 0 Å². The Hall–Kier alpha value is -2.54. The van der Waals surface area contributed by atoms with Gasteiger partial charge in [0.05, 0.1) is 18.1 Å². The number of methoxy groups -OCH3 is 1. The van der Waals surface area contributed by atoms with Crippen molar-refractivity contribution in [3.8, 4) is 0 Å². The summed E-state index contributed by atoms with van der Waals surface area (Å²) in [5, 5.41) is 16.5. The van der Waals surface area contributed by atoms with Crippen molar-refractivity contribution in [1.29, 1.82) is 0 Å². The monoisotopic (exact) mass is 411 g/mol. The summed E-state index contributed by atoms with van der Waals surface area (Å²) in [5.41, 5.74) is 1.09. The normalized spacial score (nSPS) is 20.9. The zero-order valence-electron chi connectivity index (χ0n) is 16.6. The van der Waals surface area contributed by atoms with Crippen LogP contribution in [-0.2, 0) is 19.9 Å². The Morgan fingerprint density at radius 1 is 1.31 bits per heavy atom. The van der Waals surface area contributed by atoms with Gasteiger partial charge in [0, 0.05) is 18.4 Å². The molecule has 3 rings (SSSR count). The highest BCUT2D eigenvalue weighted by Gasteiger charge is 2.49. The van der Waals surface area contributed by atoms with Crippen LogP contribution in [0.25, 0.3) is 6.08 Å². The molecule has 0 aliphatic carbocycles. The van der Waals surface area contributed by atoms with Crippen molar-refractivity contribution < 1.29 is 19.4 Å². The summed E-state index contributed by atoms with van der Waals surface area (Å²) in [6.07, 6.45) is 0.897. The van der Waals surface area contributed by atoms with E-state index in [-0.39, 0.29) is 5.91 Å². The molecule has 0 saturated carbocycles. The second-order valence-electron chi connectivity index (χ2n) is 6.63. The molecule has 0 spiro atoms. The number of aliphatic hydroxyl groups is 1. The zero-order chi connectivity index (χ0) is 20.9. The highest BCUT2D eigenvalue weighted by molar-refractivity contribution is 8.02. The van der Waals surface area contributed by atoms with E-state index in [1.165, 1.54) is 7.11 Å². The van der Waals surface area contributed by atoms with E-state index < -0.39 is 11.7 Å². The van der Waals surface area contributed by atoms with E-state index in [9.17, 15) is 9.90 Å². The van der Waals surface area contributed by atoms with E-state index in [1.807, 2.05) is 48.7 Å². The Kier molecular flexibility index (Phi) is 6.79. The van der Waals surface area contributed by atoms with Gasteiger partial charge in [0.1, 0.15) is 0 Å². The van der Waals surface area contributed by atoms with Crippen LogP contribution in [0.3, 0.4) is 0 Å². The number of rotatable bonds is 8. The fourth-order valence-corrected chi connectivity index (χ4v) is 4.03. The number of carbonyl (C=O) groups is 1. The van der Waals surface area contributed by atoms with Crippen LogP contribution < -0.4 is 5.32 Å². The lowest BCUT2D eigenvalue weighted by Gasteiger charge is -2.40. The van der Waals surface area contributed by atoms with Crippen LogP contribution in [0.5, 0.6) is 0 Å². The number of fused-ring (bicyclic) bond motifs is 1. The summed E-state index contributed by atoms with van der Waals surface area (Å²) in [5.74, 6) is 1.03. The lowest BCUT2D eigenvalue weighted by Crippen LogP contribution is -2.52. The van der Waals surface area contributed by atoms with Crippen LogP contribution in [0.2, 0.25) is 0 Å². The van der Waals surface area contributed by atoms with Gasteiger partial charge in [0.25, 0.3) is 5.91 Å². The summed E-state index contributed by atoms with van der Waals surface area (Å²) < 4.78 is 10.8. The first-order chi connectivity index (χ1) is 14.0. The molecule has 29 heavy (non-hydrogen) atoms. The van der Waals surface area contributed by atoms with Gasteiger partial charge >= 0.3 is 0 Å². The largest absolute Gasteiger partial charge is 0.498 e. The molecule has 1 aliphatic heterocycles. The van der Waals surface area contributed by atoms with Crippen LogP contribution >= 0.6 is 11.8 Å². The van der Waals surface area contributed by atoms with Crippen LogP contribution in [0.4, 0.5) is 5.69 Å². The highest BCUT2D eigenvalue weighted by atomic mass is 32.2. The van der Waals surface area contributed by atoms with Crippen molar-refractivity contribution in [2.45, 2.75) is 18.6 Å². The first-order valence-corrected chi connectivity index (χ1v) is 10.4. The molecule has 0 bridgehead atoms. The highest BCUT2D eigenvalue weighted by Crippen LogP contribution is 2.42. The Morgan fingerprint density at radius 3 is 2.76 bits per heavy atom. The van der Waals surface area contributed by atoms with Crippen molar-refractivity contribution in [3.05, 3.63) is 83.0 Å². The minimum atomic E-state index is -1.59. The number of nitrogens with one attached hydrogen (secondary N) is 1. The molecular formula is C23H25NO4S. The maximum atomic E-state index is 12.6. The van der Waals surface area contributed by atoms with Crippen LogP contribution in [0.15, 0.2) is 66.3 Å². The lowest BCUT2D eigenvalue weighted by atomic mass is 9.77. The smallest absolute Gasteiger partial charge is 0.257 e. The number of carbonyl (C=O) groups excluding carboxylic acids is 1. The topological polar surface area (TPSA) is 67.8 Å². The third kappa shape index (κ3) is 4.40. The van der Waals surface area contributed by atoms with E-state index in [4.69, 9.17) is 9.47 Å². The molecule has 2 atom stereocenters. The number of anilines is 1. The number of hydrogen-bond acceptors (Lipinski definition) is 5. The van der Waals surface area contributed by atoms with Gasteiger partial charge in [-0.2, -0.15) is 0 Å². The van der Waals surface area contributed by atoms with Crippen molar-refractivity contribution in [2.24, 2.45) is 0 Å². The van der Waals surface area contributed by atoms with Crippen molar-refractivity contribution in [3.63, 3.8) is 0 Å². The minimum absolute atomic E-state index is 0.375. The number of thioether (sulfide) groups is 1. The van der Waals surface area contributed by atoms with Crippen LogP contribution in [-0.4, -0.2) is 36.6 Å². The summed E-state index contributed by atoms with van der Waals surface area (Å²) in [7, 11) is 1.43. The molecule has 152 valence electrons. The molecule has 2 unspecified atom stereocenters. The second-order valence-corrected chi connectivity index (χ2v) is 7.52. The quantitative estimate of drug-likeness (QED) is 0.639. The van der Waals surface area contributed by atoms with Crippen LogP contribution in [0.1, 0.15) is 23.6 Å². The van der Waals surface area contributed by atoms with Crippen LogP contribution in [0, 0.1) is 0 Å². The third-order valence-electron chi connectivity index (χ3n) is 4.73. The standard InChI is InChI=1S/C23H25NO4S/c1-4-28-16(2)15-29-13-12-17-10-11-20-19(14-17)23(26,18-8-6-5-7-9-18)21(27-3)22(25)24-20/h5-14,21,26H,2,4,15H2,1,3H3,(H,24,25). The molecular weight excluding hydrogens is 386 g/mol. The molecule has 0 aromatic heterocycles. The van der Waals surface area contributed by atoms with E-state index >= 15 is 0 Å². The predicted octanol–water partition coefficient (Wildman–Crippen LogP) is 4.14. The van der Waals surface area contributed by atoms with E-state index in [2.05, 4.69) is 11.9 Å². The molecule has 2 aromatic carbocycles. The summed E-state index contributed by atoms with van der Waals surface area (Å²) in [4.78, 5) is 12.6. The average Bonchev–Trinajstić information content (AvgIpc) is 2.72. The summed E-state index contributed by atoms with van der Waals surface area (Å²) >= 11 is 1.57. The molecule has 1 heterocycles. The fourth-order valence-electron chi connectivity index (χ4n) is 3.41. The summed E-state index contributed by atoms with van der Waals surface area (Å²) in [6.45, 7) is 6.40. The molecule has 2 aromatic rings. The van der Waals surface area contributed by atoms with E-state index in [1.54, 1.807) is 30.0 Å². The molecule has 2 N–H and O–H groups in total. The lowest BCUT2D eigenvalue weighted by molar-refractivity contribution is -0.142. The number of benzene rings is 2. The number of hydrogen-bond donors (Lipinski definition) is 2. The molecule has 5 nitrogen and oxygen atoms in total. The Balaban J connectivity index is 1.93. The molecule has 1 aliphatic rings. The maximum Gasteiger partial charge on any atom is 0.257 e. The zero-order valence-corrected chi connectivity index (χ0v) is 17.4. The van der Waals surface area contributed by atoms with Crippen molar-refractivity contribution in [2.75, 3.05) is 24.8 Å². The van der Waals surface area contributed by atoms with Gasteiger partial charge in [-0.15, -0.1) is 11.8 Å². The van der Waals surface area contributed by atoms with E-state index in [0.717, 1.165) is 11.3 Å². The van der Waals surface area contributed by atoms with Gasteiger partial charge in [-0.25, -0.2) is 0 Å². The third-order valence-corrected chi connectivity index (χ3v) is 5.55. The summed E-state index contributed by atoms with van der Waals surface area (Å²) in [6, 6.07) is 14.7. The molecule has 0 fully saturated rings. The van der Waals surface area contributed by atoms with Crippen molar-refractivity contribution in [1.82, 2.24) is 0 Å². The van der Waals surface area contributed by atoms with Gasteiger partial charge < -0.3 is 19.9 Å². The first-order valence-electron chi connectivity index (χ1n) is 9.35. The average molecular weight is 412 g/mol. The van der Waals surface area contributed by atoms with Crippen molar-refractivity contribution >= 4 is 29.4 Å². The van der Waals surface area contributed by atoms with Gasteiger partial charge in [-0.1, -0.05) is 43.0 Å². The van der Waals surface area contributed by atoms with Gasteiger partial charge in [0.15, 0.2) is 11.7 Å². The minimum Gasteiger partial charge on any atom is -0.498 e. The first kappa shape index (κ1) is 21.2. The second kappa shape index (κ2) is 9.31. The number of ether oxygens (including phenoxy) is 2. The SMILES string of the molecule is C=C(CSC=Cc1ccc2c(c1)C(O)(c1ccccc1)C(OC)C(=O)N2)OCC. The fraction of sp³-hybridized carbons (Fsp3) is 0.261. The Morgan fingerprint density at radius 2 is 2.07 bits per heavy atom. The van der Waals surface area contributed by atoms with E-state index in [0.29, 0.717) is 29.2 Å². The van der Waals surface area contributed by atoms with Gasteiger partial charge in [-0.3, -0.25) is 4.79 Å². The van der Waals surface area contributed by atoms with Gasteiger partial charge in [-0.05, 0) is 41.7 Å². The Bertz CT molecular complexity index is 912. The Labute approximate surface area is 175 Å². The molecule has 6 heteroatoms. The molecule has 1 amide bonds. The molecule has 0 saturated heterocycles. The number of amides is 1. The molecule has 0 radical (unpaired) electrons. The maximum absolute atomic E-state index is 12.6. The predicted molar refractivity (Wildman–Crippen MR) is 118 cm³/mol.